The molecule has 0 unspecified atom stereocenters. The van der Waals surface area contributed by atoms with Crippen LogP contribution in [0.2, 0.25) is 0 Å². The first-order valence-corrected chi connectivity index (χ1v) is 7.52. The summed E-state index contributed by atoms with van der Waals surface area (Å²) >= 11 is 3.30. The van der Waals surface area contributed by atoms with Crippen LogP contribution < -0.4 is 10.1 Å². The normalized spacial score (nSPS) is 11.7. The van der Waals surface area contributed by atoms with Crippen molar-refractivity contribution >= 4 is 15.9 Å². The summed E-state index contributed by atoms with van der Waals surface area (Å²) in [7, 11) is 0. The average Bonchev–Trinajstić information content (AvgIpc) is 2.84. The van der Waals surface area contributed by atoms with E-state index < -0.39 is 0 Å². The van der Waals surface area contributed by atoms with Crippen LogP contribution in [0.1, 0.15) is 32.1 Å². The third kappa shape index (κ3) is 4.86. The molecule has 2 rings (SSSR count). The molecular formula is C16H19BrFNO2. The van der Waals surface area contributed by atoms with Gasteiger partial charge in [-0.05, 0) is 45.0 Å². The maximum absolute atomic E-state index is 13.6. The van der Waals surface area contributed by atoms with Gasteiger partial charge in [-0.25, -0.2) is 4.39 Å². The summed E-state index contributed by atoms with van der Waals surface area (Å²) in [5.41, 5.74) is 0.910. The van der Waals surface area contributed by atoms with Crippen LogP contribution in [0.5, 0.6) is 5.75 Å². The monoisotopic (exact) mass is 355 g/mol. The first kappa shape index (κ1) is 16.0. The molecule has 1 aromatic heterocycles. The lowest BCUT2D eigenvalue weighted by atomic mass is 10.1. The van der Waals surface area contributed by atoms with Crippen molar-refractivity contribution < 1.29 is 13.5 Å². The summed E-state index contributed by atoms with van der Waals surface area (Å²) in [6, 6.07) is 6.47. The lowest BCUT2D eigenvalue weighted by Gasteiger charge is -2.20. The molecule has 0 atom stereocenters. The second kappa shape index (κ2) is 6.62. The number of hydrogen-bond donors (Lipinski definition) is 1. The lowest BCUT2D eigenvalue weighted by Crippen LogP contribution is -2.35. The molecule has 0 radical (unpaired) electrons. The molecular weight excluding hydrogens is 337 g/mol. The van der Waals surface area contributed by atoms with E-state index in [-0.39, 0.29) is 23.7 Å². The van der Waals surface area contributed by atoms with Crippen LogP contribution in [0.4, 0.5) is 4.39 Å². The molecule has 1 heterocycles. The SMILES string of the molecule is CC(C)(C)NCc1occc1COc1cc(Br)ccc1F. The van der Waals surface area contributed by atoms with Crippen molar-refractivity contribution in [2.75, 3.05) is 0 Å². The second-order valence-corrected chi connectivity index (χ2v) is 6.75. The summed E-state index contributed by atoms with van der Waals surface area (Å²) in [5, 5.41) is 3.35. The number of furan rings is 1. The summed E-state index contributed by atoms with van der Waals surface area (Å²) < 4.78 is 25.4. The number of halogens is 2. The maximum Gasteiger partial charge on any atom is 0.165 e. The Kier molecular flexibility index (Phi) is 5.06. The van der Waals surface area contributed by atoms with Gasteiger partial charge in [0, 0.05) is 15.6 Å². The molecule has 2 aromatic rings. The highest BCUT2D eigenvalue weighted by Crippen LogP contribution is 2.24. The van der Waals surface area contributed by atoms with Crippen molar-refractivity contribution in [3.05, 3.63) is 52.1 Å². The van der Waals surface area contributed by atoms with Crippen LogP contribution in [0, 0.1) is 5.82 Å². The molecule has 0 bridgehead atoms. The number of nitrogens with one attached hydrogen (secondary N) is 1. The Balaban J connectivity index is 2.01. The average molecular weight is 356 g/mol. The zero-order valence-electron chi connectivity index (χ0n) is 12.4. The van der Waals surface area contributed by atoms with Gasteiger partial charge in [0.1, 0.15) is 12.4 Å². The number of ether oxygens (including phenoxy) is 1. The minimum absolute atomic E-state index is 0.00131. The summed E-state index contributed by atoms with van der Waals surface area (Å²) in [6.07, 6.45) is 1.62. The minimum atomic E-state index is -0.379. The zero-order valence-corrected chi connectivity index (χ0v) is 14.0. The fourth-order valence-corrected chi connectivity index (χ4v) is 2.08. The zero-order chi connectivity index (χ0) is 15.5. The highest BCUT2D eigenvalue weighted by molar-refractivity contribution is 9.10. The molecule has 0 saturated heterocycles. The van der Waals surface area contributed by atoms with Crippen LogP contribution in [-0.2, 0) is 13.2 Å². The molecule has 0 aliphatic rings. The van der Waals surface area contributed by atoms with Crippen molar-refractivity contribution in [3.8, 4) is 5.75 Å². The summed E-state index contributed by atoms with van der Waals surface area (Å²) in [6.45, 7) is 7.14. The Morgan fingerprint density at radius 3 is 2.76 bits per heavy atom. The Morgan fingerprint density at radius 1 is 1.29 bits per heavy atom. The van der Waals surface area contributed by atoms with Crippen molar-refractivity contribution in [1.82, 2.24) is 5.32 Å². The highest BCUT2D eigenvalue weighted by Gasteiger charge is 2.13. The summed E-state index contributed by atoms with van der Waals surface area (Å²) in [4.78, 5) is 0. The number of benzene rings is 1. The van der Waals surface area contributed by atoms with Gasteiger partial charge in [-0.2, -0.15) is 0 Å². The van der Waals surface area contributed by atoms with Gasteiger partial charge in [-0.15, -0.1) is 0 Å². The third-order valence-corrected chi connectivity index (χ3v) is 3.39. The Hall–Kier alpha value is -1.33. The van der Waals surface area contributed by atoms with E-state index >= 15 is 0 Å². The lowest BCUT2D eigenvalue weighted by molar-refractivity contribution is 0.284. The molecule has 0 saturated carbocycles. The molecule has 21 heavy (non-hydrogen) atoms. The predicted molar refractivity (Wildman–Crippen MR) is 83.7 cm³/mol. The third-order valence-electron chi connectivity index (χ3n) is 2.89. The van der Waals surface area contributed by atoms with Gasteiger partial charge >= 0.3 is 0 Å². The van der Waals surface area contributed by atoms with E-state index in [1.807, 2.05) is 6.07 Å². The smallest absolute Gasteiger partial charge is 0.165 e. The Bertz CT molecular complexity index is 605. The minimum Gasteiger partial charge on any atom is -0.486 e. The van der Waals surface area contributed by atoms with Gasteiger partial charge in [0.05, 0.1) is 12.8 Å². The fourth-order valence-electron chi connectivity index (χ4n) is 1.74. The number of hydrogen-bond acceptors (Lipinski definition) is 3. The van der Waals surface area contributed by atoms with Gasteiger partial charge in [-0.3, -0.25) is 0 Å². The van der Waals surface area contributed by atoms with Gasteiger partial charge in [0.25, 0.3) is 0 Å². The molecule has 3 nitrogen and oxygen atoms in total. The highest BCUT2D eigenvalue weighted by atomic mass is 79.9. The molecule has 1 N–H and O–H groups in total. The van der Waals surface area contributed by atoms with E-state index in [0.29, 0.717) is 6.54 Å². The van der Waals surface area contributed by atoms with Gasteiger partial charge < -0.3 is 14.5 Å². The second-order valence-electron chi connectivity index (χ2n) is 5.84. The van der Waals surface area contributed by atoms with E-state index in [1.165, 1.54) is 6.07 Å². The van der Waals surface area contributed by atoms with E-state index in [9.17, 15) is 4.39 Å². The van der Waals surface area contributed by atoms with Crippen molar-refractivity contribution in [3.63, 3.8) is 0 Å². The van der Waals surface area contributed by atoms with Crippen molar-refractivity contribution in [1.29, 1.82) is 0 Å². The van der Waals surface area contributed by atoms with Crippen LogP contribution in [-0.4, -0.2) is 5.54 Å². The van der Waals surface area contributed by atoms with Crippen molar-refractivity contribution in [2.45, 2.75) is 39.5 Å². The predicted octanol–water partition coefficient (Wildman–Crippen LogP) is 4.65. The molecule has 0 spiro atoms. The largest absolute Gasteiger partial charge is 0.486 e. The molecule has 0 fully saturated rings. The molecule has 0 aliphatic heterocycles. The van der Waals surface area contributed by atoms with Crippen LogP contribution >= 0.6 is 15.9 Å². The number of rotatable bonds is 5. The van der Waals surface area contributed by atoms with Crippen LogP contribution in [0.15, 0.2) is 39.4 Å². The van der Waals surface area contributed by atoms with Gasteiger partial charge in [0.15, 0.2) is 11.6 Å². The molecule has 1 aromatic carbocycles. The summed E-state index contributed by atoms with van der Waals surface area (Å²) in [5.74, 6) is 0.650. The van der Waals surface area contributed by atoms with Crippen LogP contribution in [0.3, 0.4) is 0 Å². The molecule has 0 amide bonds. The van der Waals surface area contributed by atoms with Crippen LogP contribution in [0.25, 0.3) is 0 Å². The maximum atomic E-state index is 13.6. The van der Waals surface area contributed by atoms with Gasteiger partial charge in [-0.1, -0.05) is 15.9 Å². The Morgan fingerprint density at radius 2 is 2.05 bits per heavy atom. The Labute approximate surface area is 132 Å². The van der Waals surface area contributed by atoms with E-state index in [0.717, 1.165) is 15.8 Å². The molecule has 5 heteroatoms. The quantitative estimate of drug-likeness (QED) is 0.847. The van der Waals surface area contributed by atoms with Crippen molar-refractivity contribution in [2.24, 2.45) is 0 Å². The van der Waals surface area contributed by atoms with E-state index in [2.05, 4.69) is 42.0 Å². The van der Waals surface area contributed by atoms with E-state index in [1.54, 1.807) is 18.4 Å². The standard InChI is InChI=1S/C16H19BrFNO2/c1-16(2,3)19-9-15-11(6-7-20-15)10-21-14-8-12(17)4-5-13(14)18/h4-8,19H,9-10H2,1-3H3. The first-order valence-electron chi connectivity index (χ1n) is 6.73. The first-order chi connectivity index (χ1) is 9.85. The van der Waals surface area contributed by atoms with Gasteiger partial charge in [0.2, 0.25) is 0 Å². The topological polar surface area (TPSA) is 34.4 Å². The fraction of sp³-hybridized carbons (Fsp3) is 0.375. The molecule has 0 aliphatic carbocycles. The van der Waals surface area contributed by atoms with E-state index in [4.69, 9.17) is 9.15 Å². The molecule has 114 valence electrons.